The van der Waals surface area contributed by atoms with E-state index in [2.05, 4.69) is 27.3 Å². The van der Waals surface area contributed by atoms with Crippen molar-refractivity contribution in [3.05, 3.63) is 52.8 Å². The van der Waals surface area contributed by atoms with Crippen molar-refractivity contribution in [2.24, 2.45) is 5.92 Å². The smallest absolute Gasteiger partial charge is 0.268 e. The van der Waals surface area contributed by atoms with Crippen LogP contribution in [0.5, 0.6) is 0 Å². The molecule has 4 rings (SSSR count). The predicted octanol–water partition coefficient (Wildman–Crippen LogP) is 5.23. The van der Waals surface area contributed by atoms with Crippen LogP contribution in [0.4, 0.5) is 10.3 Å². The second-order valence-electron chi connectivity index (χ2n) is 7.39. The molecule has 7 nitrogen and oxygen atoms in total. The Bertz CT molecular complexity index is 1140. The molecule has 1 aliphatic rings. The van der Waals surface area contributed by atoms with Gasteiger partial charge in [0.2, 0.25) is 10.3 Å². The molecule has 1 saturated heterocycles. The maximum Gasteiger partial charge on any atom is 0.268 e. The van der Waals surface area contributed by atoms with Gasteiger partial charge in [0, 0.05) is 29.8 Å². The van der Waals surface area contributed by atoms with Gasteiger partial charge in [0.1, 0.15) is 23.2 Å². The van der Waals surface area contributed by atoms with Gasteiger partial charge in [0.15, 0.2) is 0 Å². The highest BCUT2D eigenvalue weighted by Gasteiger charge is 2.20. The van der Waals surface area contributed by atoms with Crippen LogP contribution in [-0.4, -0.2) is 29.2 Å². The summed E-state index contributed by atoms with van der Waals surface area (Å²) in [6, 6.07) is 12.6. The average molecular weight is 454 g/mol. The van der Waals surface area contributed by atoms with Gasteiger partial charge in [-0.3, -0.25) is 10.1 Å². The van der Waals surface area contributed by atoms with Crippen LogP contribution in [0.1, 0.15) is 25.5 Å². The highest BCUT2D eigenvalue weighted by Crippen LogP contribution is 2.29. The first-order valence-corrected chi connectivity index (χ1v) is 11.1. The van der Waals surface area contributed by atoms with E-state index in [9.17, 15) is 10.1 Å². The second-order valence-corrected chi connectivity index (χ2v) is 8.78. The van der Waals surface area contributed by atoms with Crippen LogP contribution in [0.15, 0.2) is 46.4 Å². The van der Waals surface area contributed by atoms with Gasteiger partial charge in [-0.1, -0.05) is 29.9 Å². The Morgan fingerprint density at radius 1 is 1.26 bits per heavy atom. The van der Waals surface area contributed by atoms with Crippen molar-refractivity contribution < 1.29 is 9.21 Å². The van der Waals surface area contributed by atoms with E-state index in [0.717, 1.165) is 36.6 Å². The topological polar surface area (TPSA) is 95.0 Å². The summed E-state index contributed by atoms with van der Waals surface area (Å²) in [5.41, 5.74) is 0.765. The molecule has 0 aliphatic carbocycles. The number of rotatable bonds is 5. The highest BCUT2D eigenvalue weighted by molar-refractivity contribution is 7.19. The number of hydrogen-bond acceptors (Lipinski definition) is 7. The normalized spacial score (nSPS) is 15.0. The van der Waals surface area contributed by atoms with Crippen molar-refractivity contribution in [1.82, 2.24) is 10.2 Å². The average Bonchev–Trinajstić information content (AvgIpc) is 3.43. The molecule has 0 atom stereocenters. The van der Waals surface area contributed by atoms with Crippen molar-refractivity contribution in [2.75, 3.05) is 23.3 Å². The highest BCUT2D eigenvalue weighted by atomic mass is 35.5. The fourth-order valence-corrected chi connectivity index (χ4v) is 4.17. The Balaban J connectivity index is 1.43. The molecule has 1 fully saturated rings. The fraction of sp³-hybridized carbons (Fsp3) is 0.273. The number of nitrogens with zero attached hydrogens (tertiary/aromatic N) is 4. The zero-order valence-corrected chi connectivity index (χ0v) is 18.4. The minimum absolute atomic E-state index is 0.0828. The van der Waals surface area contributed by atoms with Crippen LogP contribution < -0.4 is 10.2 Å². The Morgan fingerprint density at radius 2 is 2.00 bits per heavy atom. The monoisotopic (exact) mass is 453 g/mol. The van der Waals surface area contributed by atoms with Crippen LogP contribution >= 0.6 is 22.9 Å². The van der Waals surface area contributed by atoms with E-state index < -0.39 is 5.91 Å². The van der Waals surface area contributed by atoms with Gasteiger partial charge in [-0.2, -0.15) is 5.26 Å². The first kappa shape index (κ1) is 21.1. The quantitative estimate of drug-likeness (QED) is 0.419. The van der Waals surface area contributed by atoms with Gasteiger partial charge in [-0.15, -0.1) is 10.2 Å². The maximum atomic E-state index is 12.6. The minimum Gasteiger partial charge on any atom is -0.457 e. The van der Waals surface area contributed by atoms with E-state index in [1.807, 2.05) is 18.2 Å². The summed E-state index contributed by atoms with van der Waals surface area (Å²) in [4.78, 5) is 14.7. The zero-order chi connectivity index (χ0) is 21.8. The number of hydrogen-bond donors (Lipinski definition) is 1. The molecule has 0 unspecified atom stereocenters. The lowest BCUT2D eigenvalue weighted by atomic mass is 10.00. The molecule has 0 bridgehead atoms. The number of carbonyl (C=O) groups excluding carboxylic acids is 1. The van der Waals surface area contributed by atoms with Gasteiger partial charge in [0.25, 0.3) is 5.91 Å². The Hall–Kier alpha value is -3.15. The lowest BCUT2D eigenvalue weighted by molar-refractivity contribution is -0.112. The summed E-state index contributed by atoms with van der Waals surface area (Å²) in [6.07, 6.45) is 3.64. The van der Waals surface area contributed by atoms with Crippen molar-refractivity contribution in [2.45, 2.75) is 19.8 Å². The van der Waals surface area contributed by atoms with Crippen molar-refractivity contribution in [1.29, 1.82) is 5.26 Å². The first-order chi connectivity index (χ1) is 15.0. The molecule has 31 heavy (non-hydrogen) atoms. The van der Waals surface area contributed by atoms with E-state index in [0.29, 0.717) is 27.6 Å². The Kier molecular flexibility index (Phi) is 6.35. The molecule has 1 amide bonds. The predicted molar refractivity (Wildman–Crippen MR) is 122 cm³/mol. The minimum atomic E-state index is -0.554. The van der Waals surface area contributed by atoms with Crippen LogP contribution in [0.3, 0.4) is 0 Å². The molecule has 3 aromatic rings. The van der Waals surface area contributed by atoms with Crippen LogP contribution in [0.25, 0.3) is 17.4 Å². The number of nitrogens with one attached hydrogen (secondary N) is 1. The second kappa shape index (κ2) is 9.33. The molecule has 1 aromatic carbocycles. The standard InChI is InChI=1S/C22H20ClN5O2S/c1-14-8-10-28(11-9-14)22-27-26-21(31-22)25-20(29)16(13-24)12-18-6-7-19(30-18)15-2-4-17(23)5-3-15/h2-7,12,14H,8-11H2,1H3,(H,25,26,29)/b16-12-. The molecule has 0 saturated carbocycles. The van der Waals surface area contributed by atoms with Crippen molar-refractivity contribution >= 4 is 45.2 Å². The van der Waals surface area contributed by atoms with Gasteiger partial charge in [0.05, 0.1) is 0 Å². The number of amides is 1. The third-order valence-corrected chi connectivity index (χ3v) is 6.25. The fourth-order valence-electron chi connectivity index (χ4n) is 3.25. The third-order valence-electron chi connectivity index (χ3n) is 5.10. The van der Waals surface area contributed by atoms with E-state index in [1.165, 1.54) is 17.4 Å². The summed E-state index contributed by atoms with van der Waals surface area (Å²) in [5, 5.41) is 22.1. The van der Waals surface area contributed by atoms with E-state index in [1.54, 1.807) is 24.3 Å². The Labute approximate surface area is 189 Å². The van der Waals surface area contributed by atoms with Crippen molar-refractivity contribution in [3.8, 4) is 17.4 Å². The lowest BCUT2D eigenvalue weighted by Crippen LogP contribution is -2.32. The SMILES string of the molecule is CC1CCN(c2nnc(NC(=O)/C(C#N)=C\c3ccc(-c4ccc(Cl)cc4)o3)s2)CC1. The van der Waals surface area contributed by atoms with Gasteiger partial charge < -0.3 is 9.32 Å². The summed E-state index contributed by atoms with van der Waals surface area (Å²) < 4.78 is 5.75. The number of nitriles is 1. The van der Waals surface area contributed by atoms with Gasteiger partial charge in [-0.05, 0) is 55.2 Å². The lowest BCUT2D eigenvalue weighted by Gasteiger charge is -2.29. The van der Waals surface area contributed by atoms with Gasteiger partial charge in [-0.25, -0.2) is 0 Å². The molecular formula is C22H20ClN5O2S. The number of halogens is 1. The van der Waals surface area contributed by atoms with E-state index in [-0.39, 0.29) is 5.57 Å². The number of benzene rings is 1. The largest absolute Gasteiger partial charge is 0.457 e. The van der Waals surface area contributed by atoms with E-state index in [4.69, 9.17) is 16.0 Å². The number of anilines is 2. The number of aromatic nitrogens is 2. The zero-order valence-electron chi connectivity index (χ0n) is 16.8. The number of piperidine rings is 1. The molecule has 1 aliphatic heterocycles. The first-order valence-electron chi connectivity index (χ1n) is 9.89. The molecule has 0 radical (unpaired) electrons. The molecule has 1 N–H and O–H groups in total. The molecule has 0 spiro atoms. The third kappa shape index (κ3) is 5.13. The summed E-state index contributed by atoms with van der Waals surface area (Å²) in [7, 11) is 0. The van der Waals surface area contributed by atoms with Crippen LogP contribution in [0.2, 0.25) is 5.02 Å². The summed E-state index contributed by atoms with van der Waals surface area (Å²) in [6.45, 7) is 4.11. The number of carbonyl (C=O) groups is 1. The molecule has 158 valence electrons. The maximum absolute atomic E-state index is 12.6. The van der Waals surface area contributed by atoms with Crippen molar-refractivity contribution in [3.63, 3.8) is 0 Å². The van der Waals surface area contributed by atoms with Crippen LogP contribution in [0, 0.1) is 17.2 Å². The van der Waals surface area contributed by atoms with Gasteiger partial charge >= 0.3 is 0 Å². The van der Waals surface area contributed by atoms with Crippen LogP contribution in [-0.2, 0) is 4.79 Å². The van der Waals surface area contributed by atoms with E-state index >= 15 is 0 Å². The summed E-state index contributed by atoms with van der Waals surface area (Å²) in [5.74, 6) is 1.18. The molecule has 2 aromatic heterocycles. The molecule has 3 heterocycles. The number of furan rings is 1. The molecular weight excluding hydrogens is 434 g/mol. The summed E-state index contributed by atoms with van der Waals surface area (Å²) >= 11 is 7.22. The Morgan fingerprint density at radius 3 is 2.71 bits per heavy atom. The molecule has 9 heteroatoms.